The van der Waals surface area contributed by atoms with Gasteiger partial charge in [0.2, 0.25) is 11.9 Å². The van der Waals surface area contributed by atoms with E-state index in [1.54, 1.807) is 30.7 Å². The lowest BCUT2D eigenvalue weighted by molar-refractivity contribution is -0.128. The Morgan fingerprint density at radius 2 is 1.96 bits per heavy atom. The summed E-state index contributed by atoms with van der Waals surface area (Å²) >= 11 is 0. The van der Waals surface area contributed by atoms with Gasteiger partial charge < -0.3 is 14.5 Å². The SMILES string of the molecule is CN(C)c1ncc(/C=C/C(=O)N2CCC(OCc3ccccn3)CC2)cn1. The molecule has 142 valence electrons. The number of hydrogen-bond acceptors (Lipinski definition) is 6. The highest BCUT2D eigenvalue weighted by Crippen LogP contribution is 2.16. The maximum Gasteiger partial charge on any atom is 0.246 e. The number of anilines is 1. The van der Waals surface area contributed by atoms with E-state index in [0.29, 0.717) is 25.6 Å². The molecule has 3 heterocycles. The number of rotatable bonds is 6. The molecule has 1 aliphatic heterocycles. The van der Waals surface area contributed by atoms with Crippen LogP contribution in [0.1, 0.15) is 24.1 Å². The average molecular weight is 367 g/mol. The molecule has 1 fully saturated rings. The van der Waals surface area contributed by atoms with E-state index in [2.05, 4.69) is 15.0 Å². The maximum absolute atomic E-state index is 12.4. The summed E-state index contributed by atoms with van der Waals surface area (Å²) in [5, 5.41) is 0. The summed E-state index contributed by atoms with van der Waals surface area (Å²) in [6.45, 7) is 1.92. The van der Waals surface area contributed by atoms with E-state index in [9.17, 15) is 4.79 Å². The minimum absolute atomic E-state index is 0.00913. The van der Waals surface area contributed by atoms with Crippen LogP contribution < -0.4 is 4.90 Å². The summed E-state index contributed by atoms with van der Waals surface area (Å²) in [7, 11) is 3.77. The molecule has 2 aromatic rings. The molecule has 0 bridgehead atoms. The van der Waals surface area contributed by atoms with Crippen molar-refractivity contribution in [3.05, 3.63) is 54.1 Å². The highest BCUT2D eigenvalue weighted by Gasteiger charge is 2.22. The predicted octanol–water partition coefficient (Wildman–Crippen LogP) is 2.16. The normalized spacial score (nSPS) is 15.3. The van der Waals surface area contributed by atoms with Crippen LogP contribution in [0.4, 0.5) is 5.95 Å². The van der Waals surface area contributed by atoms with Crippen LogP contribution in [0.5, 0.6) is 0 Å². The van der Waals surface area contributed by atoms with Gasteiger partial charge in [0, 0.05) is 57.4 Å². The van der Waals surface area contributed by atoms with E-state index in [0.717, 1.165) is 24.1 Å². The smallest absolute Gasteiger partial charge is 0.246 e. The molecule has 0 aliphatic carbocycles. The quantitative estimate of drug-likeness (QED) is 0.729. The average Bonchev–Trinajstić information content (AvgIpc) is 2.72. The van der Waals surface area contributed by atoms with E-state index < -0.39 is 0 Å². The number of carbonyl (C=O) groups is 1. The zero-order chi connectivity index (χ0) is 19.1. The first-order valence-corrected chi connectivity index (χ1v) is 9.09. The minimum Gasteiger partial charge on any atom is -0.372 e. The largest absolute Gasteiger partial charge is 0.372 e. The molecule has 0 unspecified atom stereocenters. The van der Waals surface area contributed by atoms with Crippen LogP contribution in [-0.4, -0.2) is 59.0 Å². The van der Waals surface area contributed by atoms with E-state index in [-0.39, 0.29) is 12.0 Å². The van der Waals surface area contributed by atoms with Gasteiger partial charge in [-0.1, -0.05) is 6.07 Å². The summed E-state index contributed by atoms with van der Waals surface area (Å²) in [6.07, 6.45) is 10.4. The Hall–Kier alpha value is -2.80. The second-order valence-electron chi connectivity index (χ2n) is 6.70. The van der Waals surface area contributed by atoms with Gasteiger partial charge in [-0.3, -0.25) is 9.78 Å². The minimum atomic E-state index is 0.00913. The highest BCUT2D eigenvalue weighted by molar-refractivity contribution is 5.91. The van der Waals surface area contributed by atoms with Crippen LogP contribution in [0.25, 0.3) is 6.08 Å². The number of pyridine rings is 1. The van der Waals surface area contributed by atoms with Gasteiger partial charge in [-0.25, -0.2) is 9.97 Å². The molecule has 3 rings (SSSR count). The molecule has 7 nitrogen and oxygen atoms in total. The molecule has 0 saturated carbocycles. The van der Waals surface area contributed by atoms with E-state index in [1.807, 2.05) is 42.1 Å². The molecule has 27 heavy (non-hydrogen) atoms. The van der Waals surface area contributed by atoms with E-state index >= 15 is 0 Å². The number of hydrogen-bond donors (Lipinski definition) is 0. The second kappa shape index (κ2) is 9.23. The van der Waals surface area contributed by atoms with Crippen LogP contribution >= 0.6 is 0 Å². The molecule has 0 spiro atoms. The third-order valence-corrected chi connectivity index (χ3v) is 4.42. The third kappa shape index (κ3) is 5.59. The Kier molecular flexibility index (Phi) is 6.49. The van der Waals surface area contributed by atoms with Crippen molar-refractivity contribution in [3.8, 4) is 0 Å². The molecule has 1 amide bonds. The van der Waals surface area contributed by atoms with Crippen molar-refractivity contribution in [1.82, 2.24) is 19.9 Å². The Morgan fingerprint density at radius 3 is 2.59 bits per heavy atom. The first-order valence-electron chi connectivity index (χ1n) is 9.09. The van der Waals surface area contributed by atoms with Crippen molar-refractivity contribution in [2.24, 2.45) is 0 Å². The van der Waals surface area contributed by atoms with E-state index in [1.165, 1.54) is 0 Å². The van der Waals surface area contributed by atoms with Gasteiger partial charge in [0.1, 0.15) is 0 Å². The molecular formula is C20H25N5O2. The number of aromatic nitrogens is 3. The number of ether oxygens (including phenoxy) is 1. The molecular weight excluding hydrogens is 342 g/mol. The first kappa shape index (κ1) is 19.0. The van der Waals surface area contributed by atoms with Gasteiger partial charge in [-0.2, -0.15) is 0 Å². The lowest BCUT2D eigenvalue weighted by Gasteiger charge is -2.31. The fourth-order valence-electron chi connectivity index (χ4n) is 2.85. The topological polar surface area (TPSA) is 71.5 Å². The van der Waals surface area contributed by atoms with Crippen LogP contribution in [0.3, 0.4) is 0 Å². The summed E-state index contributed by atoms with van der Waals surface area (Å²) in [6, 6.07) is 5.81. The summed E-state index contributed by atoms with van der Waals surface area (Å²) in [4.78, 5) is 28.8. The van der Waals surface area contributed by atoms with E-state index in [4.69, 9.17) is 4.74 Å². The fourth-order valence-corrected chi connectivity index (χ4v) is 2.85. The standard InChI is InChI=1S/C20H25N5O2/c1-24(2)20-22-13-16(14-23-20)6-7-19(26)25-11-8-18(9-12-25)27-15-17-5-3-4-10-21-17/h3-7,10,13-14,18H,8-9,11-12,15H2,1-2H3/b7-6+. The summed E-state index contributed by atoms with van der Waals surface area (Å²) < 4.78 is 5.92. The number of piperidine rings is 1. The zero-order valence-electron chi connectivity index (χ0n) is 15.8. The molecule has 1 aliphatic rings. The lowest BCUT2D eigenvalue weighted by atomic mass is 10.1. The van der Waals surface area contributed by atoms with Gasteiger partial charge in [0.25, 0.3) is 0 Å². The first-order chi connectivity index (χ1) is 13.1. The highest BCUT2D eigenvalue weighted by atomic mass is 16.5. The number of likely N-dealkylation sites (tertiary alicyclic amines) is 1. The van der Waals surface area contributed by atoms with Crippen molar-refractivity contribution in [2.45, 2.75) is 25.6 Å². The summed E-state index contributed by atoms with van der Waals surface area (Å²) in [5.74, 6) is 0.654. The molecule has 7 heteroatoms. The van der Waals surface area contributed by atoms with Gasteiger partial charge >= 0.3 is 0 Å². The molecule has 0 atom stereocenters. The fraction of sp³-hybridized carbons (Fsp3) is 0.400. The Morgan fingerprint density at radius 1 is 1.22 bits per heavy atom. The number of nitrogens with zero attached hydrogens (tertiary/aromatic N) is 5. The zero-order valence-corrected chi connectivity index (χ0v) is 15.8. The second-order valence-corrected chi connectivity index (χ2v) is 6.70. The van der Waals surface area contributed by atoms with Crippen LogP contribution in [-0.2, 0) is 16.1 Å². The Labute approximate surface area is 159 Å². The monoisotopic (exact) mass is 367 g/mol. The van der Waals surface area contributed by atoms with Gasteiger partial charge in [-0.15, -0.1) is 0 Å². The van der Waals surface area contributed by atoms with Crippen molar-refractivity contribution < 1.29 is 9.53 Å². The molecule has 2 aromatic heterocycles. The van der Waals surface area contributed by atoms with Crippen molar-refractivity contribution >= 4 is 17.9 Å². The molecule has 1 saturated heterocycles. The van der Waals surface area contributed by atoms with Crippen LogP contribution in [0, 0.1) is 0 Å². The Balaban J connectivity index is 1.44. The number of carbonyl (C=O) groups excluding carboxylic acids is 1. The molecule has 0 radical (unpaired) electrons. The van der Waals surface area contributed by atoms with Crippen LogP contribution in [0.2, 0.25) is 0 Å². The van der Waals surface area contributed by atoms with Gasteiger partial charge in [0.05, 0.1) is 18.4 Å². The predicted molar refractivity (Wildman–Crippen MR) is 104 cm³/mol. The van der Waals surface area contributed by atoms with Crippen molar-refractivity contribution in [2.75, 3.05) is 32.1 Å². The third-order valence-electron chi connectivity index (χ3n) is 4.42. The van der Waals surface area contributed by atoms with Gasteiger partial charge in [0.15, 0.2) is 0 Å². The van der Waals surface area contributed by atoms with Crippen molar-refractivity contribution in [3.63, 3.8) is 0 Å². The van der Waals surface area contributed by atoms with Gasteiger partial charge in [-0.05, 0) is 31.1 Å². The Bertz CT molecular complexity index is 754. The van der Waals surface area contributed by atoms with Crippen LogP contribution in [0.15, 0.2) is 42.9 Å². The van der Waals surface area contributed by atoms with Crippen molar-refractivity contribution in [1.29, 1.82) is 0 Å². The summed E-state index contributed by atoms with van der Waals surface area (Å²) in [5.41, 5.74) is 1.74. The maximum atomic E-state index is 12.4. The molecule has 0 aromatic carbocycles. The lowest BCUT2D eigenvalue weighted by Crippen LogP contribution is -2.40. The number of amides is 1. The molecule has 0 N–H and O–H groups in total.